The van der Waals surface area contributed by atoms with Gasteiger partial charge in [-0.1, -0.05) is 20.8 Å². The third kappa shape index (κ3) is 2.77. The average molecular weight is 301 g/mol. The Morgan fingerprint density at radius 2 is 1.85 bits per heavy atom. The highest BCUT2D eigenvalue weighted by molar-refractivity contribution is 7.71. The number of rotatable bonds is 1. The number of nitrogens with zero attached hydrogens (tertiary/aromatic N) is 2. The van der Waals surface area contributed by atoms with E-state index >= 15 is 0 Å². The van der Waals surface area contributed by atoms with Crippen LogP contribution in [0.5, 0.6) is 0 Å². The number of imidazole rings is 1. The second-order valence-corrected chi connectivity index (χ2v) is 5.85. The molecule has 2 aromatic heterocycles. The maximum Gasteiger partial charge on any atom is 0.433 e. The van der Waals surface area contributed by atoms with Gasteiger partial charge in [-0.15, -0.1) is 0 Å². The second kappa shape index (κ2) is 4.73. The minimum Gasteiger partial charge on any atom is -0.337 e. The minimum atomic E-state index is -4.44. The van der Waals surface area contributed by atoms with Gasteiger partial charge in [-0.3, -0.25) is 4.57 Å². The first-order chi connectivity index (χ1) is 9.10. The van der Waals surface area contributed by atoms with Crippen LogP contribution in [0.25, 0.3) is 5.69 Å². The molecule has 0 saturated heterocycles. The molecule has 0 radical (unpaired) electrons. The van der Waals surface area contributed by atoms with Crippen LogP contribution in [0.3, 0.4) is 0 Å². The molecule has 0 unspecified atom stereocenters. The zero-order chi connectivity index (χ0) is 15.1. The molecule has 0 bridgehead atoms. The van der Waals surface area contributed by atoms with Crippen LogP contribution in [-0.4, -0.2) is 14.5 Å². The summed E-state index contributed by atoms with van der Waals surface area (Å²) < 4.78 is 39.7. The van der Waals surface area contributed by atoms with E-state index in [1.165, 1.54) is 12.3 Å². The van der Waals surface area contributed by atoms with E-state index in [0.29, 0.717) is 10.5 Å². The van der Waals surface area contributed by atoms with Gasteiger partial charge in [-0.2, -0.15) is 13.2 Å². The fourth-order valence-corrected chi connectivity index (χ4v) is 2.13. The van der Waals surface area contributed by atoms with E-state index in [1.807, 2.05) is 20.8 Å². The molecule has 1 N–H and O–H groups in total. The second-order valence-electron chi connectivity index (χ2n) is 5.46. The number of pyridine rings is 1. The number of aromatic nitrogens is 3. The van der Waals surface area contributed by atoms with E-state index in [4.69, 9.17) is 12.2 Å². The van der Waals surface area contributed by atoms with Crippen molar-refractivity contribution in [2.24, 2.45) is 0 Å². The van der Waals surface area contributed by atoms with E-state index < -0.39 is 11.9 Å². The first kappa shape index (κ1) is 14.8. The Morgan fingerprint density at radius 1 is 1.20 bits per heavy atom. The number of halogens is 3. The molecule has 3 nitrogen and oxygen atoms in total. The van der Waals surface area contributed by atoms with Gasteiger partial charge in [0.05, 0.1) is 11.9 Å². The maximum atomic E-state index is 12.5. The Hall–Kier alpha value is -1.63. The van der Waals surface area contributed by atoms with Crippen molar-refractivity contribution in [1.82, 2.24) is 14.5 Å². The van der Waals surface area contributed by atoms with Crippen molar-refractivity contribution in [3.8, 4) is 5.69 Å². The number of H-pyrrole nitrogens is 1. The van der Waals surface area contributed by atoms with Gasteiger partial charge in [0.25, 0.3) is 0 Å². The van der Waals surface area contributed by atoms with Crippen molar-refractivity contribution in [3.05, 3.63) is 40.7 Å². The normalized spacial score (nSPS) is 12.7. The Kier molecular flexibility index (Phi) is 3.49. The van der Waals surface area contributed by atoms with Crippen LogP contribution in [0.1, 0.15) is 32.2 Å². The van der Waals surface area contributed by atoms with E-state index in [1.54, 1.807) is 10.8 Å². The third-order valence-corrected chi connectivity index (χ3v) is 3.14. The van der Waals surface area contributed by atoms with Gasteiger partial charge in [0.15, 0.2) is 4.77 Å². The molecule has 0 aliphatic carbocycles. The molecule has 2 heterocycles. The van der Waals surface area contributed by atoms with Crippen LogP contribution in [0, 0.1) is 4.77 Å². The van der Waals surface area contributed by atoms with Crippen LogP contribution in [0.15, 0.2) is 24.5 Å². The van der Waals surface area contributed by atoms with Crippen LogP contribution < -0.4 is 0 Å². The van der Waals surface area contributed by atoms with E-state index in [0.717, 1.165) is 11.8 Å². The third-order valence-electron chi connectivity index (χ3n) is 2.84. The summed E-state index contributed by atoms with van der Waals surface area (Å²) in [5.74, 6) is 0. The Bertz CT molecular complexity index is 660. The SMILES string of the molecule is CC(C)(C)c1c[nH]c(=S)n1-c1ccc(C(F)(F)F)nc1. The summed E-state index contributed by atoms with van der Waals surface area (Å²) in [5, 5.41) is 0. The van der Waals surface area contributed by atoms with Gasteiger partial charge in [0.1, 0.15) is 5.69 Å². The number of alkyl halides is 3. The van der Waals surface area contributed by atoms with E-state index in [-0.39, 0.29) is 5.41 Å². The molecule has 0 aliphatic heterocycles. The molecular formula is C13H14F3N3S. The predicted molar refractivity (Wildman–Crippen MR) is 72.5 cm³/mol. The fourth-order valence-electron chi connectivity index (χ4n) is 1.86. The highest BCUT2D eigenvalue weighted by atomic mass is 32.1. The van der Waals surface area contributed by atoms with Crippen molar-refractivity contribution in [2.45, 2.75) is 32.4 Å². The Morgan fingerprint density at radius 3 is 2.30 bits per heavy atom. The summed E-state index contributed by atoms with van der Waals surface area (Å²) in [7, 11) is 0. The van der Waals surface area contributed by atoms with Crippen molar-refractivity contribution < 1.29 is 13.2 Å². The lowest BCUT2D eigenvalue weighted by Crippen LogP contribution is -2.17. The molecular weight excluding hydrogens is 287 g/mol. The molecule has 0 aliphatic rings. The van der Waals surface area contributed by atoms with Crippen LogP contribution in [-0.2, 0) is 11.6 Å². The highest BCUT2D eigenvalue weighted by Crippen LogP contribution is 2.29. The lowest BCUT2D eigenvalue weighted by Gasteiger charge is -2.20. The van der Waals surface area contributed by atoms with E-state index in [2.05, 4.69) is 9.97 Å². The van der Waals surface area contributed by atoms with Crippen molar-refractivity contribution in [2.75, 3.05) is 0 Å². The number of aromatic amines is 1. The predicted octanol–water partition coefficient (Wildman–Crippen LogP) is 4.25. The molecule has 108 valence electrons. The number of nitrogens with one attached hydrogen (secondary N) is 1. The maximum absolute atomic E-state index is 12.5. The Balaban J connectivity index is 2.53. The molecule has 20 heavy (non-hydrogen) atoms. The molecule has 0 spiro atoms. The summed E-state index contributed by atoms with van der Waals surface area (Å²) in [6.45, 7) is 6.00. The summed E-state index contributed by atoms with van der Waals surface area (Å²) in [6.07, 6.45) is -1.49. The van der Waals surface area contributed by atoms with E-state index in [9.17, 15) is 13.2 Å². The summed E-state index contributed by atoms with van der Waals surface area (Å²) in [5.41, 5.74) is 0.273. The van der Waals surface area contributed by atoms with Gasteiger partial charge in [0, 0.05) is 17.3 Å². The molecule has 0 amide bonds. The lowest BCUT2D eigenvalue weighted by atomic mass is 9.92. The van der Waals surface area contributed by atoms with Crippen LogP contribution in [0.2, 0.25) is 0 Å². The molecule has 0 aromatic carbocycles. The van der Waals surface area contributed by atoms with Gasteiger partial charge < -0.3 is 4.98 Å². The number of hydrogen-bond acceptors (Lipinski definition) is 2. The summed E-state index contributed by atoms with van der Waals surface area (Å²) in [6, 6.07) is 2.32. The zero-order valence-corrected chi connectivity index (χ0v) is 12.1. The van der Waals surface area contributed by atoms with Crippen LogP contribution in [0.4, 0.5) is 13.2 Å². The van der Waals surface area contributed by atoms with Crippen molar-refractivity contribution >= 4 is 12.2 Å². The first-order valence-electron chi connectivity index (χ1n) is 5.95. The topological polar surface area (TPSA) is 33.6 Å². The molecule has 0 fully saturated rings. The van der Waals surface area contributed by atoms with Crippen molar-refractivity contribution in [1.29, 1.82) is 0 Å². The first-order valence-corrected chi connectivity index (χ1v) is 6.36. The standard InChI is InChI=1S/C13H14F3N3S/c1-12(2,3)10-7-18-11(20)19(10)8-4-5-9(17-6-8)13(14,15)16/h4-7H,1-3H3,(H,18,20). The van der Waals surface area contributed by atoms with Gasteiger partial charge >= 0.3 is 6.18 Å². The lowest BCUT2D eigenvalue weighted by molar-refractivity contribution is -0.141. The van der Waals surface area contributed by atoms with Gasteiger partial charge in [-0.25, -0.2) is 4.98 Å². The molecule has 0 saturated carbocycles. The minimum absolute atomic E-state index is 0.198. The summed E-state index contributed by atoms with van der Waals surface area (Å²) in [4.78, 5) is 6.38. The fraction of sp³-hybridized carbons (Fsp3) is 0.385. The summed E-state index contributed by atoms with van der Waals surface area (Å²) >= 11 is 5.19. The van der Waals surface area contributed by atoms with Crippen LogP contribution >= 0.6 is 12.2 Å². The Labute approximate surface area is 119 Å². The molecule has 7 heteroatoms. The van der Waals surface area contributed by atoms with Crippen molar-refractivity contribution in [3.63, 3.8) is 0 Å². The number of hydrogen-bond donors (Lipinski definition) is 1. The smallest absolute Gasteiger partial charge is 0.337 e. The quantitative estimate of drug-likeness (QED) is 0.799. The monoisotopic (exact) mass is 301 g/mol. The molecule has 0 atom stereocenters. The van der Waals surface area contributed by atoms with Gasteiger partial charge in [0.2, 0.25) is 0 Å². The molecule has 2 rings (SSSR count). The highest BCUT2D eigenvalue weighted by Gasteiger charge is 2.32. The molecule has 2 aromatic rings. The average Bonchev–Trinajstić information content (AvgIpc) is 2.70. The zero-order valence-electron chi connectivity index (χ0n) is 11.2. The van der Waals surface area contributed by atoms with Gasteiger partial charge in [-0.05, 0) is 24.4 Å². The largest absolute Gasteiger partial charge is 0.433 e.